The first-order valence-corrected chi connectivity index (χ1v) is 7.09. The van der Waals surface area contributed by atoms with Gasteiger partial charge in [-0.25, -0.2) is 5.90 Å². The van der Waals surface area contributed by atoms with Crippen molar-refractivity contribution < 1.29 is 9.41 Å². The zero-order valence-corrected chi connectivity index (χ0v) is 12.1. The lowest BCUT2D eigenvalue weighted by Gasteiger charge is -2.13. The molecule has 0 saturated carbocycles. The molecular formula is C18H16BNO2. The van der Waals surface area contributed by atoms with E-state index in [-0.39, 0.29) is 0 Å². The average Bonchev–Trinajstić information content (AvgIpc) is 2.62. The Hall–Kier alpha value is -2.56. The van der Waals surface area contributed by atoms with Gasteiger partial charge in [0.25, 0.3) is 0 Å². The Morgan fingerprint density at radius 2 is 1.18 bits per heavy atom. The third-order valence-electron chi connectivity index (χ3n) is 3.40. The summed E-state index contributed by atoms with van der Waals surface area (Å²) < 4.78 is 10.7. The smallest absolute Gasteiger partial charge is 0.531 e. The highest BCUT2D eigenvalue weighted by atomic mass is 16.7. The molecule has 0 aromatic heterocycles. The Morgan fingerprint density at radius 1 is 0.636 bits per heavy atom. The van der Waals surface area contributed by atoms with Crippen molar-refractivity contribution in [1.29, 1.82) is 0 Å². The summed E-state index contributed by atoms with van der Waals surface area (Å²) in [6.07, 6.45) is 0. The van der Waals surface area contributed by atoms with Gasteiger partial charge in [0.05, 0.1) is 0 Å². The largest absolute Gasteiger partial charge is 0.579 e. The topological polar surface area (TPSA) is 44.5 Å². The third kappa shape index (κ3) is 3.36. The lowest BCUT2D eigenvalue weighted by atomic mass is 9.79. The lowest BCUT2D eigenvalue weighted by molar-refractivity contribution is 0.287. The van der Waals surface area contributed by atoms with Crippen molar-refractivity contribution in [3.05, 3.63) is 84.9 Å². The molecule has 0 bridgehead atoms. The van der Waals surface area contributed by atoms with Crippen LogP contribution in [0.15, 0.2) is 84.9 Å². The van der Waals surface area contributed by atoms with Gasteiger partial charge in [0, 0.05) is 0 Å². The first-order valence-electron chi connectivity index (χ1n) is 7.09. The number of hydrogen-bond acceptors (Lipinski definition) is 3. The van der Waals surface area contributed by atoms with Gasteiger partial charge in [-0.2, -0.15) is 0 Å². The molecule has 0 atom stereocenters. The van der Waals surface area contributed by atoms with Crippen LogP contribution in [0.2, 0.25) is 0 Å². The summed E-state index contributed by atoms with van der Waals surface area (Å²) in [6.45, 7) is 0. The quantitative estimate of drug-likeness (QED) is 0.580. The molecule has 22 heavy (non-hydrogen) atoms. The Bertz CT molecular complexity index is 702. The van der Waals surface area contributed by atoms with Crippen LogP contribution in [0.3, 0.4) is 0 Å². The van der Waals surface area contributed by atoms with E-state index >= 15 is 0 Å². The molecule has 0 amide bonds. The SMILES string of the molecule is NOB(Oc1ccc(-c2ccccc2)cc1)c1ccccc1. The van der Waals surface area contributed by atoms with E-state index in [1.807, 2.05) is 72.8 Å². The van der Waals surface area contributed by atoms with Crippen molar-refractivity contribution in [1.82, 2.24) is 0 Å². The molecule has 3 aromatic carbocycles. The van der Waals surface area contributed by atoms with E-state index in [0.29, 0.717) is 5.75 Å². The number of nitrogens with two attached hydrogens (primary N) is 1. The van der Waals surface area contributed by atoms with Gasteiger partial charge < -0.3 is 9.41 Å². The fourth-order valence-corrected chi connectivity index (χ4v) is 2.26. The van der Waals surface area contributed by atoms with Gasteiger partial charge in [0.2, 0.25) is 0 Å². The molecule has 2 N–H and O–H groups in total. The summed E-state index contributed by atoms with van der Waals surface area (Å²) >= 11 is 0. The van der Waals surface area contributed by atoms with Crippen LogP contribution in [0.1, 0.15) is 0 Å². The van der Waals surface area contributed by atoms with Gasteiger partial charge in [0.15, 0.2) is 0 Å². The van der Waals surface area contributed by atoms with Crippen LogP contribution < -0.4 is 16.0 Å². The monoisotopic (exact) mass is 289 g/mol. The van der Waals surface area contributed by atoms with Gasteiger partial charge in [-0.15, -0.1) is 0 Å². The summed E-state index contributed by atoms with van der Waals surface area (Å²) in [6, 6.07) is 27.7. The maximum atomic E-state index is 5.79. The van der Waals surface area contributed by atoms with Gasteiger partial charge in [0.1, 0.15) is 5.75 Å². The predicted molar refractivity (Wildman–Crippen MR) is 89.6 cm³/mol. The molecule has 4 heteroatoms. The fourth-order valence-electron chi connectivity index (χ4n) is 2.26. The van der Waals surface area contributed by atoms with E-state index in [0.717, 1.165) is 11.0 Å². The van der Waals surface area contributed by atoms with Gasteiger partial charge in [-0.05, 0) is 28.7 Å². The van der Waals surface area contributed by atoms with Crippen LogP contribution in [0.25, 0.3) is 11.1 Å². The van der Waals surface area contributed by atoms with Crippen LogP contribution in [0.4, 0.5) is 0 Å². The molecule has 0 aliphatic rings. The van der Waals surface area contributed by atoms with Crippen LogP contribution in [0, 0.1) is 0 Å². The molecule has 0 radical (unpaired) electrons. The molecule has 3 rings (SSSR count). The average molecular weight is 289 g/mol. The molecular weight excluding hydrogens is 273 g/mol. The highest BCUT2D eigenvalue weighted by molar-refractivity contribution is 6.61. The second kappa shape index (κ2) is 6.94. The normalized spacial score (nSPS) is 10.2. The van der Waals surface area contributed by atoms with Crippen molar-refractivity contribution in [3.8, 4) is 16.9 Å². The van der Waals surface area contributed by atoms with E-state index in [4.69, 9.17) is 15.3 Å². The Morgan fingerprint density at radius 3 is 1.77 bits per heavy atom. The minimum Gasteiger partial charge on any atom is -0.531 e. The van der Waals surface area contributed by atoms with E-state index < -0.39 is 7.12 Å². The van der Waals surface area contributed by atoms with Crippen molar-refractivity contribution in [3.63, 3.8) is 0 Å². The van der Waals surface area contributed by atoms with Gasteiger partial charge in [-0.1, -0.05) is 72.8 Å². The van der Waals surface area contributed by atoms with Crippen LogP contribution >= 0.6 is 0 Å². The maximum Gasteiger partial charge on any atom is 0.579 e. The minimum atomic E-state index is -0.622. The van der Waals surface area contributed by atoms with Crippen molar-refractivity contribution in [2.24, 2.45) is 5.90 Å². The molecule has 0 spiro atoms. The fraction of sp³-hybridized carbons (Fsp3) is 0. The van der Waals surface area contributed by atoms with Gasteiger partial charge in [-0.3, -0.25) is 0 Å². The zero-order chi connectivity index (χ0) is 15.2. The van der Waals surface area contributed by atoms with Crippen LogP contribution in [-0.2, 0) is 4.76 Å². The molecule has 0 aliphatic heterocycles. The first kappa shape index (κ1) is 14.4. The van der Waals surface area contributed by atoms with Crippen LogP contribution in [0.5, 0.6) is 5.75 Å². The summed E-state index contributed by atoms with van der Waals surface area (Å²) in [7, 11) is -0.622. The molecule has 0 saturated heterocycles. The number of benzene rings is 3. The summed E-state index contributed by atoms with van der Waals surface area (Å²) in [5, 5.41) is 0. The maximum absolute atomic E-state index is 5.79. The van der Waals surface area contributed by atoms with E-state index in [9.17, 15) is 0 Å². The second-order valence-corrected chi connectivity index (χ2v) is 4.89. The molecule has 3 aromatic rings. The van der Waals surface area contributed by atoms with Gasteiger partial charge >= 0.3 is 7.12 Å². The standard InChI is InChI=1S/C18H16BNO2/c20-22-19(17-9-5-2-6-10-17)21-18-13-11-16(12-14-18)15-7-3-1-4-8-15/h1-14H,20H2. The summed E-state index contributed by atoms with van der Waals surface area (Å²) in [4.78, 5) is 0. The predicted octanol–water partition coefficient (Wildman–Crippen LogP) is 3.02. The van der Waals surface area contributed by atoms with Crippen molar-refractivity contribution in [2.75, 3.05) is 0 Å². The van der Waals surface area contributed by atoms with E-state index in [1.165, 1.54) is 5.56 Å². The Balaban J connectivity index is 1.76. The minimum absolute atomic E-state index is 0.622. The number of hydrogen-bond donors (Lipinski definition) is 1. The first-order chi connectivity index (χ1) is 10.9. The van der Waals surface area contributed by atoms with E-state index in [1.54, 1.807) is 0 Å². The molecule has 0 fully saturated rings. The molecule has 0 aliphatic carbocycles. The molecule has 0 heterocycles. The van der Waals surface area contributed by atoms with E-state index in [2.05, 4.69) is 12.1 Å². The summed E-state index contributed by atoms with van der Waals surface area (Å²) in [5.74, 6) is 6.06. The zero-order valence-electron chi connectivity index (χ0n) is 12.1. The van der Waals surface area contributed by atoms with Crippen LogP contribution in [-0.4, -0.2) is 7.12 Å². The highest BCUT2D eigenvalue weighted by Crippen LogP contribution is 2.22. The van der Waals surface area contributed by atoms with Crippen molar-refractivity contribution >= 4 is 12.6 Å². The third-order valence-corrected chi connectivity index (χ3v) is 3.40. The highest BCUT2D eigenvalue weighted by Gasteiger charge is 2.22. The Kier molecular flexibility index (Phi) is 4.54. The van der Waals surface area contributed by atoms with Crippen molar-refractivity contribution in [2.45, 2.75) is 0 Å². The molecule has 0 unspecified atom stereocenters. The molecule has 108 valence electrons. The Labute approximate surface area is 130 Å². The lowest BCUT2D eigenvalue weighted by Crippen LogP contribution is -2.41. The second-order valence-electron chi connectivity index (χ2n) is 4.89. The molecule has 3 nitrogen and oxygen atoms in total. The number of rotatable bonds is 5. The summed E-state index contributed by atoms with van der Waals surface area (Å²) in [5.41, 5.74) is 3.18.